The molecule has 2 rings (SSSR count). The number of carbonyl (C=O) groups is 1. The molecule has 22 heavy (non-hydrogen) atoms. The van der Waals surface area contributed by atoms with Crippen molar-refractivity contribution in [3.8, 4) is 0 Å². The summed E-state index contributed by atoms with van der Waals surface area (Å²) in [6.45, 7) is 7.47. The van der Waals surface area contributed by atoms with Crippen LogP contribution in [0.25, 0.3) is 0 Å². The summed E-state index contributed by atoms with van der Waals surface area (Å²) in [4.78, 5) is 11.9. The maximum absolute atomic E-state index is 11.9. The highest BCUT2D eigenvalue weighted by Crippen LogP contribution is 2.34. The number of nitrogens with one attached hydrogen (secondary N) is 1. The van der Waals surface area contributed by atoms with Gasteiger partial charge in [0.1, 0.15) is 5.01 Å². The third kappa shape index (κ3) is 4.03. The second-order valence-corrected chi connectivity index (χ2v) is 7.06. The fourth-order valence-electron chi connectivity index (χ4n) is 1.76. The Kier molecular flexibility index (Phi) is 5.67. The molecular weight excluding hydrogens is 320 g/mol. The van der Waals surface area contributed by atoms with Gasteiger partial charge in [0, 0.05) is 5.41 Å². The van der Waals surface area contributed by atoms with E-state index in [2.05, 4.69) is 41.5 Å². The van der Waals surface area contributed by atoms with Crippen LogP contribution in [0.2, 0.25) is 0 Å². The largest absolute Gasteiger partial charge is 0.318 e. The van der Waals surface area contributed by atoms with Gasteiger partial charge in [0.15, 0.2) is 0 Å². The number of carbonyl (C=O) groups excluding carboxylic acids is 1. The molecule has 120 valence electrons. The molecule has 0 radical (unpaired) electrons. The highest BCUT2D eigenvalue weighted by molar-refractivity contribution is 7.15. The van der Waals surface area contributed by atoms with Gasteiger partial charge < -0.3 is 5.73 Å². The second kappa shape index (κ2) is 6.73. The molecule has 0 saturated carbocycles. The first-order valence-electron chi connectivity index (χ1n) is 6.71. The van der Waals surface area contributed by atoms with E-state index in [0.717, 1.165) is 10.6 Å². The van der Waals surface area contributed by atoms with Gasteiger partial charge in [-0.25, -0.2) is 0 Å². The third-order valence-electron chi connectivity index (χ3n) is 3.26. The van der Waals surface area contributed by atoms with E-state index in [9.17, 15) is 4.79 Å². The Bertz CT molecular complexity index is 634. The molecule has 5 nitrogen and oxygen atoms in total. The number of hydrogen-bond acceptors (Lipinski definition) is 5. The normalized spacial score (nSPS) is 11.7. The Hall–Kier alpha value is -1.50. The summed E-state index contributed by atoms with van der Waals surface area (Å²) in [5, 5.41) is 12.3. The van der Waals surface area contributed by atoms with E-state index in [1.54, 1.807) is 13.8 Å². The van der Waals surface area contributed by atoms with Crippen LogP contribution in [0.5, 0.6) is 0 Å². The number of rotatable bonds is 4. The van der Waals surface area contributed by atoms with Crippen molar-refractivity contribution in [3.63, 3.8) is 0 Å². The molecule has 7 heteroatoms. The van der Waals surface area contributed by atoms with Crippen LogP contribution in [0.4, 0.5) is 5.13 Å². The van der Waals surface area contributed by atoms with Gasteiger partial charge in [-0.3, -0.25) is 10.1 Å². The fourth-order valence-corrected chi connectivity index (χ4v) is 2.63. The number of anilines is 1. The average Bonchev–Trinajstić information content (AvgIpc) is 2.88. The standard InChI is InChI=1S/C15H20N4OS.ClH/c1-14(2,10-8-6-5-7-9-10)12-18-19-13(21-12)17-11(20)15(3,4)16;/h5-9H,16H2,1-4H3,(H,17,19,20);1H. The van der Waals surface area contributed by atoms with Crippen molar-refractivity contribution >= 4 is 34.8 Å². The maximum atomic E-state index is 11.9. The van der Waals surface area contributed by atoms with Crippen molar-refractivity contribution in [1.29, 1.82) is 0 Å². The molecule has 0 saturated heterocycles. The van der Waals surface area contributed by atoms with Crippen LogP contribution < -0.4 is 11.1 Å². The lowest BCUT2D eigenvalue weighted by molar-refractivity contribution is -0.120. The van der Waals surface area contributed by atoms with Crippen LogP contribution in [-0.2, 0) is 10.2 Å². The summed E-state index contributed by atoms with van der Waals surface area (Å²) in [5.74, 6) is -0.275. The second-order valence-electron chi connectivity index (χ2n) is 6.08. The van der Waals surface area contributed by atoms with Crippen LogP contribution >= 0.6 is 23.7 Å². The Balaban J connectivity index is 0.00000242. The van der Waals surface area contributed by atoms with Gasteiger partial charge in [0.05, 0.1) is 5.54 Å². The van der Waals surface area contributed by atoms with E-state index in [0.29, 0.717) is 5.13 Å². The van der Waals surface area contributed by atoms with E-state index in [1.165, 1.54) is 11.3 Å². The van der Waals surface area contributed by atoms with Gasteiger partial charge in [-0.05, 0) is 33.3 Å². The van der Waals surface area contributed by atoms with Crippen molar-refractivity contribution in [1.82, 2.24) is 10.2 Å². The van der Waals surface area contributed by atoms with Crippen LogP contribution in [0.15, 0.2) is 30.3 Å². The van der Waals surface area contributed by atoms with E-state index in [1.807, 2.05) is 18.2 Å². The van der Waals surface area contributed by atoms with Crippen molar-refractivity contribution in [3.05, 3.63) is 40.9 Å². The van der Waals surface area contributed by atoms with Crippen molar-refractivity contribution in [2.24, 2.45) is 5.73 Å². The molecule has 0 aliphatic rings. The number of amides is 1. The molecular formula is C15H21ClN4OS. The quantitative estimate of drug-likeness (QED) is 0.896. The Morgan fingerprint density at radius 3 is 2.27 bits per heavy atom. The Labute approximate surface area is 140 Å². The lowest BCUT2D eigenvalue weighted by atomic mass is 9.85. The van der Waals surface area contributed by atoms with Crippen LogP contribution in [0.3, 0.4) is 0 Å². The summed E-state index contributed by atoms with van der Waals surface area (Å²) in [6.07, 6.45) is 0. The zero-order valence-corrected chi connectivity index (χ0v) is 14.7. The molecule has 0 spiro atoms. The lowest BCUT2D eigenvalue weighted by Crippen LogP contribution is -2.45. The molecule has 0 bridgehead atoms. The minimum absolute atomic E-state index is 0. The van der Waals surface area contributed by atoms with Gasteiger partial charge in [-0.2, -0.15) is 0 Å². The first-order chi connectivity index (χ1) is 9.71. The predicted octanol–water partition coefficient (Wildman–Crippen LogP) is 2.96. The molecule has 0 aliphatic carbocycles. The van der Waals surface area contributed by atoms with Gasteiger partial charge in [0.2, 0.25) is 11.0 Å². The zero-order chi connectivity index (χ0) is 15.7. The first-order valence-corrected chi connectivity index (χ1v) is 7.53. The van der Waals surface area contributed by atoms with Crippen molar-refractivity contribution < 1.29 is 4.79 Å². The number of halogens is 1. The topological polar surface area (TPSA) is 80.9 Å². The molecule has 3 N–H and O–H groups in total. The van der Waals surface area contributed by atoms with Crippen LogP contribution in [-0.4, -0.2) is 21.6 Å². The number of hydrogen-bond donors (Lipinski definition) is 2. The molecule has 1 aromatic carbocycles. The minimum atomic E-state index is -0.944. The minimum Gasteiger partial charge on any atom is -0.318 e. The monoisotopic (exact) mass is 340 g/mol. The Morgan fingerprint density at radius 2 is 1.73 bits per heavy atom. The highest BCUT2D eigenvalue weighted by Gasteiger charge is 2.29. The van der Waals surface area contributed by atoms with E-state index in [-0.39, 0.29) is 23.7 Å². The van der Waals surface area contributed by atoms with Crippen LogP contribution in [0, 0.1) is 0 Å². The number of aromatic nitrogens is 2. The lowest BCUT2D eigenvalue weighted by Gasteiger charge is -2.21. The van der Waals surface area contributed by atoms with Gasteiger partial charge in [0.25, 0.3) is 0 Å². The maximum Gasteiger partial charge on any atom is 0.245 e. The van der Waals surface area contributed by atoms with Crippen LogP contribution in [0.1, 0.15) is 38.3 Å². The summed E-state index contributed by atoms with van der Waals surface area (Å²) in [7, 11) is 0. The average molecular weight is 341 g/mol. The smallest absolute Gasteiger partial charge is 0.245 e. The zero-order valence-electron chi connectivity index (χ0n) is 13.1. The molecule has 1 aromatic heterocycles. The number of nitrogens with zero attached hydrogens (tertiary/aromatic N) is 2. The van der Waals surface area contributed by atoms with E-state index >= 15 is 0 Å². The predicted molar refractivity (Wildman–Crippen MR) is 92.6 cm³/mol. The van der Waals surface area contributed by atoms with Crippen molar-refractivity contribution in [2.75, 3.05) is 5.32 Å². The van der Waals surface area contributed by atoms with Gasteiger partial charge in [-0.15, -0.1) is 22.6 Å². The highest BCUT2D eigenvalue weighted by atomic mass is 35.5. The van der Waals surface area contributed by atoms with Gasteiger partial charge in [-0.1, -0.05) is 41.7 Å². The summed E-state index contributed by atoms with van der Waals surface area (Å²) in [6, 6.07) is 10.1. The summed E-state index contributed by atoms with van der Waals surface area (Å²) < 4.78 is 0. The fraction of sp³-hybridized carbons (Fsp3) is 0.400. The molecule has 1 heterocycles. The summed E-state index contributed by atoms with van der Waals surface area (Å²) in [5.41, 5.74) is 5.70. The molecule has 1 amide bonds. The third-order valence-corrected chi connectivity index (χ3v) is 4.42. The molecule has 2 aromatic rings. The molecule has 0 atom stereocenters. The van der Waals surface area contributed by atoms with Gasteiger partial charge >= 0.3 is 0 Å². The Morgan fingerprint density at radius 1 is 1.14 bits per heavy atom. The summed E-state index contributed by atoms with van der Waals surface area (Å²) >= 11 is 1.37. The number of nitrogens with two attached hydrogens (primary N) is 1. The molecule has 0 fully saturated rings. The molecule has 0 aliphatic heterocycles. The van der Waals surface area contributed by atoms with E-state index in [4.69, 9.17) is 5.73 Å². The SMILES string of the molecule is CC(C)(N)C(=O)Nc1nnc(C(C)(C)c2ccccc2)s1.Cl. The molecule has 0 unspecified atom stereocenters. The first kappa shape index (κ1) is 18.5. The van der Waals surface area contributed by atoms with E-state index < -0.39 is 5.54 Å². The number of benzene rings is 1. The van der Waals surface area contributed by atoms with Crippen molar-refractivity contribution in [2.45, 2.75) is 38.6 Å².